The lowest BCUT2D eigenvalue weighted by Gasteiger charge is -2.08. The third-order valence-electron chi connectivity index (χ3n) is 1.85. The van der Waals surface area contributed by atoms with Gasteiger partial charge in [-0.15, -0.1) is 0 Å². The number of anilines is 2. The molecule has 84 valence electrons. The molecule has 1 rings (SSSR count). The van der Waals surface area contributed by atoms with E-state index in [1.54, 1.807) is 12.1 Å². The first-order valence-corrected chi connectivity index (χ1v) is 5.35. The molecule has 15 heavy (non-hydrogen) atoms. The van der Waals surface area contributed by atoms with Crippen LogP contribution in [0.15, 0.2) is 12.1 Å². The molecule has 0 spiro atoms. The van der Waals surface area contributed by atoms with E-state index in [0.29, 0.717) is 16.7 Å². The molecule has 0 aliphatic carbocycles. The summed E-state index contributed by atoms with van der Waals surface area (Å²) in [6.45, 7) is 4.24. The van der Waals surface area contributed by atoms with Gasteiger partial charge in [-0.2, -0.15) is 0 Å². The molecule has 0 atom stereocenters. The van der Waals surface area contributed by atoms with E-state index in [1.807, 2.05) is 6.92 Å². The number of nitrogen functional groups attached to an aromatic ring is 1. The van der Waals surface area contributed by atoms with Crippen LogP contribution in [0.2, 0.25) is 5.15 Å². The second-order valence-electron chi connectivity index (χ2n) is 3.05. The Kier molecular flexibility index (Phi) is 5.21. The molecule has 0 unspecified atom stereocenters. The molecule has 0 saturated carbocycles. The summed E-state index contributed by atoms with van der Waals surface area (Å²) in [5, 5.41) is 3.55. The summed E-state index contributed by atoms with van der Waals surface area (Å²) in [5.41, 5.74) is 6.32. The highest BCUT2D eigenvalue weighted by Gasteiger charge is 2.00. The van der Waals surface area contributed by atoms with Gasteiger partial charge in [0.2, 0.25) is 0 Å². The molecule has 1 aromatic rings. The highest BCUT2D eigenvalue weighted by atomic mass is 35.5. The van der Waals surface area contributed by atoms with Crippen LogP contribution in [-0.4, -0.2) is 24.7 Å². The van der Waals surface area contributed by atoms with Crippen molar-refractivity contribution in [2.24, 2.45) is 0 Å². The van der Waals surface area contributed by atoms with Gasteiger partial charge in [0.15, 0.2) is 5.82 Å². The van der Waals surface area contributed by atoms with Gasteiger partial charge in [-0.05, 0) is 25.5 Å². The molecule has 0 aliphatic heterocycles. The quantitative estimate of drug-likeness (QED) is 0.580. The van der Waals surface area contributed by atoms with Crippen molar-refractivity contribution in [3.05, 3.63) is 17.3 Å². The number of nitrogens with zero attached hydrogens (tertiary/aromatic N) is 1. The van der Waals surface area contributed by atoms with Crippen molar-refractivity contribution in [1.82, 2.24) is 4.98 Å². The van der Waals surface area contributed by atoms with E-state index in [1.165, 1.54) is 0 Å². The molecule has 0 aliphatic rings. The van der Waals surface area contributed by atoms with Gasteiger partial charge < -0.3 is 15.8 Å². The molecule has 1 heterocycles. The Morgan fingerprint density at radius 3 is 3.07 bits per heavy atom. The van der Waals surface area contributed by atoms with Crippen LogP contribution in [-0.2, 0) is 4.74 Å². The summed E-state index contributed by atoms with van der Waals surface area (Å²) in [5.74, 6) is 0.638. The van der Waals surface area contributed by atoms with Gasteiger partial charge in [0, 0.05) is 19.8 Å². The van der Waals surface area contributed by atoms with Crippen LogP contribution in [0.3, 0.4) is 0 Å². The second-order valence-corrected chi connectivity index (χ2v) is 3.44. The van der Waals surface area contributed by atoms with Crippen molar-refractivity contribution in [3.63, 3.8) is 0 Å². The van der Waals surface area contributed by atoms with E-state index in [4.69, 9.17) is 22.1 Å². The highest BCUT2D eigenvalue weighted by Crippen LogP contribution is 2.17. The molecule has 0 amide bonds. The van der Waals surface area contributed by atoms with Gasteiger partial charge in [0.1, 0.15) is 5.15 Å². The number of aromatic nitrogens is 1. The standard InChI is InChI=1S/C10H16ClN3O/c1-2-15-7-3-6-13-10-8(12)4-5-9(11)14-10/h4-5H,2-3,6-7,12H2,1H3,(H,13,14). The fourth-order valence-electron chi connectivity index (χ4n) is 1.11. The van der Waals surface area contributed by atoms with E-state index in [0.717, 1.165) is 26.2 Å². The second kappa shape index (κ2) is 6.48. The molecule has 1 aromatic heterocycles. The Labute approximate surface area is 94.8 Å². The number of pyridine rings is 1. The Bertz CT molecular complexity index is 307. The predicted octanol–water partition coefficient (Wildman–Crippen LogP) is 2.16. The molecule has 5 heteroatoms. The zero-order valence-electron chi connectivity index (χ0n) is 8.79. The Hall–Kier alpha value is -1.00. The fourth-order valence-corrected chi connectivity index (χ4v) is 1.26. The molecular formula is C10H16ClN3O. The largest absolute Gasteiger partial charge is 0.396 e. The van der Waals surface area contributed by atoms with Crippen molar-refractivity contribution in [2.45, 2.75) is 13.3 Å². The first-order chi connectivity index (χ1) is 7.24. The SMILES string of the molecule is CCOCCCNc1nc(Cl)ccc1N. The Morgan fingerprint density at radius 1 is 1.53 bits per heavy atom. The normalized spacial score (nSPS) is 10.3. The maximum absolute atomic E-state index is 5.75. The lowest BCUT2D eigenvalue weighted by atomic mass is 10.4. The number of ether oxygens (including phenoxy) is 1. The molecule has 0 aromatic carbocycles. The summed E-state index contributed by atoms with van der Waals surface area (Å²) in [6, 6.07) is 3.41. The van der Waals surface area contributed by atoms with Crippen LogP contribution in [0.5, 0.6) is 0 Å². The van der Waals surface area contributed by atoms with Crippen LogP contribution in [0.25, 0.3) is 0 Å². The lowest BCUT2D eigenvalue weighted by molar-refractivity contribution is 0.147. The van der Waals surface area contributed by atoms with Gasteiger partial charge in [0.05, 0.1) is 5.69 Å². The smallest absolute Gasteiger partial charge is 0.150 e. The topological polar surface area (TPSA) is 60.2 Å². The van der Waals surface area contributed by atoms with Gasteiger partial charge in [-0.1, -0.05) is 11.6 Å². The number of hydrogen-bond acceptors (Lipinski definition) is 4. The minimum atomic E-state index is 0.441. The summed E-state index contributed by atoms with van der Waals surface area (Å²) in [4.78, 5) is 4.08. The van der Waals surface area contributed by atoms with E-state index in [9.17, 15) is 0 Å². The monoisotopic (exact) mass is 229 g/mol. The van der Waals surface area contributed by atoms with Gasteiger partial charge in [-0.25, -0.2) is 4.98 Å². The maximum atomic E-state index is 5.75. The van der Waals surface area contributed by atoms with Crippen molar-refractivity contribution < 1.29 is 4.74 Å². The van der Waals surface area contributed by atoms with Crippen LogP contribution in [0.1, 0.15) is 13.3 Å². The van der Waals surface area contributed by atoms with Crippen molar-refractivity contribution in [3.8, 4) is 0 Å². The van der Waals surface area contributed by atoms with E-state index >= 15 is 0 Å². The fraction of sp³-hybridized carbons (Fsp3) is 0.500. The Balaban J connectivity index is 2.33. The minimum Gasteiger partial charge on any atom is -0.396 e. The molecule has 4 nitrogen and oxygen atoms in total. The van der Waals surface area contributed by atoms with E-state index in [-0.39, 0.29) is 0 Å². The summed E-state index contributed by atoms with van der Waals surface area (Å²) >= 11 is 5.75. The van der Waals surface area contributed by atoms with Crippen LogP contribution < -0.4 is 11.1 Å². The van der Waals surface area contributed by atoms with Crippen LogP contribution >= 0.6 is 11.6 Å². The third kappa shape index (κ3) is 4.36. The van der Waals surface area contributed by atoms with Crippen molar-refractivity contribution in [1.29, 1.82) is 0 Å². The molecule has 0 saturated heterocycles. The minimum absolute atomic E-state index is 0.441. The number of rotatable bonds is 6. The summed E-state index contributed by atoms with van der Waals surface area (Å²) in [7, 11) is 0. The van der Waals surface area contributed by atoms with Gasteiger partial charge in [0.25, 0.3) is 0 Å². The average Bonchev–Trinajstić information content (AvgIpc) is 2.23. The lowest BCUT2D eigenvalue weighted by Crippen LogP contribution is -2.08. The third-order valence-corrected chi connectivity index (χ3v) is 2.06. The number of hydrogen-bond donors (Lipinski definition) is 2. The molecule has 3 N–H and O–H groups in total. The molecule has 0 fully saturated rings. The van der Waals surface area contributed by atoms with Crippen molar-refractivity contribution in [2.75, 3.05) is 30.8 Å². The van der Waals surface area contributed by atoms with Crippen LogP contribution in [0, 0.1) is 0 Å². The predicted molar refractivity (Wildman–Crippen MR) is 63.3 cm³/mol. The summed E-state index contributed by atoms with van der Waals surface area (Å²) < 4.78 is 5.21. The maximum Gasteiger partial charge on any atom is 0.150 e. The molecule has 0 radical (unpaired) electrons. The van der Waals surface area contributed by atoms with Crippen LogP contribution in [0.4, 0.5) is 11.5 Å². The first kappa shape index (κ1) is 12.1. The van der Waals surface area contributed by atoms with Crippen molar-refractivity contribution >= 4 is 23.1 Å². The van der Waals surface area contributed by atoms with E-state index in [2.05, 4.69) is 10.3 Å². The van der Waals surface area contributed by atoms with Gasteiger partial charge >= 0.3 is 0 Å². The van der Waals surface area contributed by atoms with Gasteiger partial charge in [-0.3, -0.25) is 0 Å². The first-order valence-electron chi connectivity index (χ1n) is 4.97. The molecule has 0 bridgehead atoms. The number of nitrogens with one attached hydrogen (secondary N) is 1. The molecular weight excluding hydrogens is 214 g/mol. The Morgan fingerprint density at radius 2 is 2.33 bits per heavy atom. The zero-order valence-corrected chi connectivity index (χ0v) is 9.55. The zero-order chi connectivity index (χ0) is 11.1. The number of nitrogens with two attached hydrogens (primary N) is 1. The van der Waals surface area contributed by atoms with E-state index < -0.39 is 0 Å². The number of halogens is 1. The highest BCUT2D eigenvalue weighted by molar-refractivity contribution is 6.29. The summed E-state index contributed by atoms with van der Waals surface area (Å²) in [6.07, 6.45) is 0.918. The average molecular weight is 230 g/mol.